The SMILES string of the molecule is CC(C)C(C)(Cc1nc(C2CCOCC2)no1)C(=O)O. The van der Waals surface area contributed by atoms with E-state index in [0.717, 1.165) is 12.8 Å². The minimum absolute atomic E-state index is 0.0153. The maximum Gasteiger partial charge on any atom is 0.310 e. The lowest BCUT2D eigenvalue weighted by Crippen LogP contribution is -2.35. The Morgan fingerprint density at radius 1 is 1.45 bits per heavy atom. The Bertz CT molecular complexity index is 465. The highest BCUT2D eigenvalue weighted by molar-refractivity contribution is 5.74. The maximum atomic E-state index is 11.5. The van der Waals surface area contributed by atoms with Crippen LogP contribution in [0.2, 0.25) is 0 Å². The van der Waals surface area contributed by atoms with Gasteiger partial charge in [-0.05, 0) is 25.7 Å². The summed E-state index contributed by atoms with van der Waals surface area (Å²) in [5, 5.41) is 13.4. The van der Waals surface area contributed by atoms with Crippen molar-refractivity contribution in [1.29, 1.82) is 0 Å². The zero-order valence-corrected chi connectivity index (χ0v) is 12.3. The van der Waals surface area contributed by atoms with Gasteiger partial charge >= 0.3 is 5.97 Å². The molecule has 0 bridgehead atoms. The minimum atomic E-state index is -0.889. The molecule has 0 aliphatic carbocycles. The van der Waals surface area contributed by atoms with Crippen LogP contribution in [0.15, 0.2) is 4.52 Å². The van der Waals surface area contributed by atoms with E-state index in [1.807, 2.05) is 13.8 Å². The van der Waals surface area contributed by atoms with E-state index in [4.69, 9.17) is 9.26 Å². The highest BCUT2D eigenvalue weighted by atomic mass is 16.5. The summed E-state index contributed by atoms with van der Waals surface area (Å²) in [6, 6.07) is 0. The normalized spacial score (nSPS) is 20.0. The molecule has 1 N–H and O–H groups in total. The predicted molar refractivity (Wildman–Crippen MR) is 71.4 cm³/mol. The number of aromatic nitrogens is 2. The van der Waals surface area contributed by atoms with Crippen molar-refractivity contribution in [2.24, 2.45) is 11.3 Å². The fourth-order valence-corrected chi connectivity index (χ4v) is 2.30. The summed E-state index contributed by atoms with van der Waals surface area (Å²) >= 11 is 0. The van der Waals surface area contributed by atoms with Crippen molar-refractivity contribution in [1.82, 2.24) is 10.1 Å². The quantitative estimate of drug-likeness (QED) is 0.891. The number of carbonyl (C=O) groups is 1. The Kier molecular flexibility index (Phi) is 4.42. The Morgan fingerprint density at radius 3 is 2.65 bits per heavy atom. The van der Waals surface area contributed by atoms with E-state index in [9.17, 15) is 9.90 Å². The Hall–Kier alpha value is -1.43. The fraction of sp³-hybridized carbons (Fsp3) is 0.786. The van der Waals surface area contributed by atoms with Crippen LogP contribution >= 0.6 is 0 Å². The second kappa shape index (κ2) is 5.91. The van der Waals surface area contributed by atoms with Crippen LogP contribution in [0.1, 0.15) is 51.2 Å². The van der Waals surface area contributed by atoms with Crippen LogP contribution in [0.25, 0.3) is 0 Å². The van der Waals surface area contributed by atoms with Crippen molar-refractivity contribution in [3.63, 3.8) is 0 Å². The summed E-state index contributed by atoms with van der Waals surface area (Å²) in [6.07, 6.45) is 2.04. The topological polar surface area (TPSA) is 85.5 Å². The van der Waals surface area contributed by atoms with Crippen LogP contribution in [0.5, 0.6) is 0 Å². The Labute approximate surface area is 118 Å². The van der Waals surface area contributed by atoms with Crippen molar-refractivity contribution < 1.29 is 19.2 Å². The molecule has 1 aliphatic heterocycles. The van der Waals surface area contributed by atoms with E-state index in [1.54, 1.807) is 6.92 Å². The highest BCUT2D eigenvalue weighted by Gasteiger charge is 2.39. The van der Waals surface area contributed by atoms with Gasteiger partial charge in [0.2, 0.25) is 5.89 Å². The van der Waals surface area contributed by atoms with Gasteiger partial charge < -0.3 is 14.4 Å². The first-order chi connectivity index (χ1) is 9.43. The highest BCUT2D eigenvalue weighted by Crippen LogP contribution is 2.32. The molecule has 1 atom stereocenters. The van der Waals surface area contributed by atoms with Crippen LogP contribution in [-0.2, 0) is 16.0 Å². The van der Waals surface area contributed by atoms with Gasteiger partial charge in [0.1, 0.15) is 0 Å². The van der Waals surface area contributed by atoms with E-state index >= 15 is 0 Å². The van der Waals surface area contributed by atoms with Crippen LogP contribution in [0.4, 0.5) is 0 Å². The molecule has 0 amide bonds. The monoisotopic (exact) mass is 282 g/mol. The lowest BCUT2D eigenvalue weighted by Gasteiger charge is -2.27. The summed E-state index contributed by atoms with van der Waals surface area (Å²) in [6.45, 7) is 6.94. The van der Waals surface area contributed by atoms with E-state index < -0.39 is 11.4 Å². The van der Waals surface area contributed by atoms with Gasteiger partial charge in [0.25, 0.3) is 0 Å². The molecule has 20 heavy (non-hydrogen) atoms. The molecule has 1 unspecified atom stereocenters. The summed E-state index contributed by atoms with van der Waals surface area (Å²) in [4.78, 5) is 15.9. The molecule has 0 radical (unpaired) electrons. The zero-order chi connectivity index (χ0) is 14.8. The molecule has 6 heteroatoms. The lowest BCUT2D eigenvalue weighted by molar-refractivity contribution is -0.150. The van der Waals surface area contributed by atoms with Gasteiger partial charge in [-0.2, -0.15) is 4.98 Å². The standard InChI is InChI=1S/C14H22N2O4/c1-9(2)14(3,13(17)18)8-11-15-12(16-20-11)10-4-6-19-7-5-10/h9-10H,4-8H2,1-3H3,(H,17,18). The molecular weight excluding hydrogens is 260 g/mol. The minimum Gasteiger partial charge on any atom is -0.481 e. The predicted octanol–water partition coefficient (Wildman–Crippen LogP) is 2.25. The first-order valence-electron chi connectivity index (χ1n) is 7.07. The van der Waals surface area contributed by atoms with E-state index in [-0.39, 0.29) is 18.3 Å². The van der Waals surface area contributed by atoms with Crippen molar-refractivity contribution in [3.8, 4) is 0 Å². The van der Waals surface area contributed by atoms with E-state index in [2.05, 4.69) is 10.1 Å². The van der Waals surface area contributed by atoms with E-state index in [0.29, 0.717) is 24.9 Å². The van der Waals surface area contributed by atoms with Gasteiger partial charge in [-0.3, -0.25) is 4.79 Å². The molecule has 1 aromatic rings. The Balaban J connectivity index is 2.10. The van der Waals surface area contributed by atoms with Gasteiger partial charge in [0, 0.05) is 25.6 Å². The average molecular weight is 282 g/mol. The number of nitrogens with zero attached hydrogens (tertiary/aromatic N) is 2. The molecule has 112 valence electrons. The largest absolute Gasteiger partial charge is 0.481 e. The zero-order valence-electron chi connectivity index (χ0n) is 12.3. The lowest BCUT2D eigenvalue weighted by atomic mass is 9.76. The molecule has 6 nitrogen and oxygen atoms in total. The Morgan fingerprint density at radius 2 is 2.10 bits per heavy atom. The van der Waals surface area contributed by atoms with Crippen LogP contribution in [-0.4, -0.2) is 34.4 Å². The molecule has 1 saturated heterocycles. The van der Waals surface area contributed by atoms with Crippen LogP contribution < -0.4 is 0 Å². The smallest absolute Gasteiger partial charge is 0.310 e. The number of hydrogen-bond acceptors (Lipinski definition) is 5. The first kappa shape index (κ1) is 15.0. The third kappa shape index (κ3) is 3.00. The third-order valence-corrected chi connectivity index (χ3v) is 4.35. The van der Waals surface area contributed by atoms with Crippen molar-refractivity contribution in [3.05, 3.63) is 11.7 Å². The molecule has 1 fully saturated rings. The average Bonchev–Trinajstić information content (AvgIpc) is 2.87. The number of ether oxygens (including phenoxy) is 1. The summed E-state index contributed by atoms with van der Waals surface area (Å²) < 4.78 is 10.6. The van der Waals surface area contributed by atoms with E-state index in [1.165, 1.54) is 0 Å². The molecular formula is C14H22N2O4. The van der Waals surface area contributed by atoms with Gasteiger partial charge in [-0.25, -0.2) is 0 Å². The molecule has 2 heterocycles. The number of carboxylic acids is 1. The van der Waals surface area contributed by atoms with Gasteiger partial charge in [-0.1, -0.05) is 19.0 Å². The van der Waals surface area contributed by atoms with Crippen molar-refractivity contribution in [2.75, 3.05) is 13.2 Å². The first-order valence-corrected chi connectivity index (χ1v) is 7.07. The molecule has 1 aliphatic rings. The fourth-order valence-electron chi connectivity index (χ4n) is 2.30. The number of rotatable bonds is 5. The van der Waals surface area contributed by atoms with Gasteiger partial charge in [-0.15, -0.1) is 0 Å². The third-order valence-electron chi connectivity index (χ3n) is 4.35. The number of aliphatic carboxylic acids is 1. The number of hydrogen-bond donors (Lipinski definition) is 1. The van der Waals surface area contributed by atoms with Crippen molar-refractivity contribution in [2.45, 2.75) is 46.0 Å². The second-order valence-corrected chi connectivity index (χ2v) is 5.99. The molecule has 0 saturated carbocycles. The number of carboxylic acid groups (broad SMARTS) is 1. The van der Waals surface area contributed by atoms with Crippen molar-refractivity contribution >= 4 is 5.97 Å². The van der Waals surface area contributed by atoms with Gasteiger partial charge in [0.15, 0.2) is 5.82 Å². The molecule has 1 aromatic heterocycles. The maximum absolute atomic E-state index is 11.5. The second-order valence-electron chi connectivity index (χ2n) is 5.99. The molecule has 2 rings (SSSR count). The summed E-state index contributed by atoms with van der Waals surface area (Å²) in [5.41, 5.74) is -0.889. The molecule has 0 aromatic carbocycles. The van der Waals surface area contributed by atoms with Gasteiger partial charge in [0.05, 0.1) is 5.41 Å². The van der Waals surface area contributed by atoms with Crippen LogP contribution in [0, 0.1) is 11.3 Å². The summed E-state index contributed by atoms with van der Waals surface area (Å²) in [5.74, 6) is 0.498. The van der Waals surface area contributed by atoms with Crippen LogP contribution in [0.3, 0.4) is 0 Å². The summed E-state index contributed by atoms with van der Waals surface area (Å²) in [7, 11) is 0. The molecule has 0 spiro atoms.